The van der Waals surface area contributed by atoms with Crippen LogP contribution in [0, 0.1) is 11.8 Å². The molecular formula is C27H37ClN6O. The molecule has 0 bridgehead atoms. The van der Waals surface area contributed by atoms with Crippen LogP contribution in [0.2, 0.25) is 5.15 Å². The lowest BCUT2D eigenvalue weighted by Gasteiger charge is -2.46. The van der Waals surface area contributed by atoms with Crippen LogP contribution < -0.4 is 10.6 Å². The number of rotatable bonds is 7. The van der Waals surface area contributed by atoms with Gasteiger partial charge in [-0.2, -0.15) is 4.98 Å². The first-order chi connectivity index (χ1) is 17.1. The number of anilines is 3. The van der Waals surface area contributed by atoms with Crippen LogP contribution in [0.15, 0.2) is 24.5 Å². The van der Waals surface area contributed by atoms with Gasteiger partial charge in [0.1, 0.15) is 11.0 Å². The summed E-state index contributed by atoms with van der Waals surface area (Å²) in [6.45, 7) is 2.36. The summed E-state index contributed by atoms with van der Waals surface area (Å²) in [6.07, 6.45) is 15.3. The van der Waals surface area contributed by atoms with Gasteiger partial charge in [0.2, 0.25) is 5.95 Å². The fourth-order valence-corrected chi connectivity index (χ4v) is 6.52. The van der Waals surface area contributed by atoms with Gasteiger partial charge in [-0.1, -0.05) is 11.6 Å². The summed E-state index contributed by atoms with van der Waals surface area (Å²) in [4.78, 5) is 16.4. The second-order valence-corrected chi connectivity index (χ2v) is 11.6. The van der Waals surface area contributed by atoms with E-state index in [2.05, 4.69) is 25.5 Å². The molecule has 3 heterocycles. The number of aliphatic hydroxyl groups is 1. The van der Waals surface area contributed by atoms with Crippen molar-refractivity contribution in [3.8, 4) is 0 Å². The summed E-state index contributed by atoms with van der Waals surface area (Å²) in [5.41, 5.74) is 2.06. The Hall–Kier alpha value is -1.96. The van der Waals surface area contributed by atoms with Crippen LogP contribution in [0.5, 0.6) is 0 Å². The van der Waals surface area contributed by atoms with E-state index in [0.29, 0.717) is 23.1 Å². The monoisotopic (exact) mass is 496 g/mol. The molecule has 2 aromatic heterocycles. The van der Waals surface area contributed by atoms with Gasteiger partial charge in [0, 0.05) is 35.7 Å². The molecule has 35 heavy (non-hydrogen) atoms. The fourth-order valence-electron chi connectivity index (χ4n) is 6.34. The van der Waals surface area contributed by atoms with Crippen LogP contribution in [-0.2, 0) is 0 Å². The number of pyridine rings is 1. The molecule has 0 unspecified atom stereocenters. The van der Waals surface area contributed by atoms with Crippen LogP contribution >= 0.6 is 11.6 Å². The van der Waals surface area contributed by atoms with E-state index in [9.17, 15) is 5.11 Å². The first-order valence-electron chi connectivity index (χ1n) is 13.5. The zero-order chi connectivity index (χ0) is 23.8. The van der Waals surface area contributed by atoms with Gasteiger partial charge in [0.15, 0.2) is 0 Å². The maximum Gasteiger partial charge on any atom is 0.229 e. The Morgan fingerprint density at radius 1 is 0.943 bits per heavy atom. The van der Waals surface area contributed by atoms with Crippen molar-refractivity contribution < 1.29 is 5.11 Å². The van der Waals surface area contributed by atoms with Gasteiger partial charge >= 0.3 is 0 Å². The van der Waals surface area contributed by atoms with Crippen LogP contribution in [0.25, 0.3) is 0 Å². The molecule has 6 rings (SSSR count). The average molecular weight is 497 g/mol. The third-order valence-corrected chi connectivity index (χ3v) is 8.97. The fraction of sp³-hybridized carbons (Fsp3) is 0.667. The molecule has 0 atom stereocenters. The van der Waals surface area contributed by atoms with Gasteiger partial charge in [-0.15, -0.1) is 0 Å². The van der Waals surface area contributed by atoms with Gasteiger partial charge in [-0.25, -0.2) is 9.97 Å². The van der Waals surface area contributed by atoms with Crippen molar-refractivity contribution in [3.05, 3.63) is 35.2 Å². The van der Waals surface area contributed by atoms with Crippen molar-refractivity contribution in [2.75, 3.05) is 23.7 Å². The summed E-state index contributed by atoms with van der Waals surface area (Å²) in [7, 11) is 0. The largest absolute Gasteiger partial charge is 0.393 e. The SMILES string of the molecule is OC1CCC(Nc2nc(Nc3ccnc(Cl)c3)ncc2C2CCN(C3CC(C4CC4)C3)CC2)CC1. The Kier molecular flexibility index (Phi) is 6.82. The van der Waals surface area contributed by atoms with Crippen molar-refractivity contribution in [1.29, 1.82) is 0 Å². The van der Waals surface area contributed by atoms with Crippen LogP contribution in [-0.4, -0.2) is 56.2 Å². The second-order valence-electron chi connectivity index (χ2n) is 11.2. The zero-order valence-electron chi connectivity index (χ0n) is 20.4. The Morgan fingerprint density at radius 3 is 2.43 bits per heavy atom. The minimum absolute atomic E-state index is 0.165. The molecule has 188 valence electrons. The quantitative estimate of drug-likeness (QED) is 0.445. The molecule has 7 nitrogen and oxygen atoms in total. The lowest BCUT2D eigenvalue weighted by Crippen LogP contribution is -2.48. The molecule has 3 N–H and O–H groups in total. The Bertz CT molecular complexity index is 1010. The predicted octanol–water partition coefficient (Wildman–Crippen LogP) is 5.35. The highest BCUT2D eigenvalue weighted by Crippen LogP contribution is 2.49. The molecule has 4 aliphatic rings. The van der Waals surface area contributed by atoms with E-state index in [1.807, 2.05) is 12.3 Å². The Balaban J connectivity index is 1.15. The number of nitrogens with one attached hydrogen (secondary N) is 2. The van der Waals surface area contributed by atoms with Gasteiger partial charge in [0.25, 0.3) is 0 Å². The number of hydrogen-bond acceptors (Lipinski definition) is 7. The predicted molar refractivity (Wildman–Crippen MR) is 139 cm³/mol. The molecule has 4 fully saturated rings. The molecule has 0 aromatic carbocycles. The Morgan fingerprint density at radius 2 is 1.71 bits per heavy atom. The molecule has 0 spiro atoms. The highest BCUT2D eigenvalue weighted by atomic mass is 35.5. The first kappa shape index (κ1) is 23.4. The summed E-state index contributed by atoms with van der Waals surface area (Å²) >= 11 is 6.06. The first-order valence-corrected chi connectivity index (χ1v) is 13.9. The standard InChI is InChI=1S/C27H37ClN6O/c28-25-15-21(7-10-29-25)32-27-30-16-24(26(33-27)31-20-3-5-23(35)6-4-20)18-8-11-34(12-9-18)22-13-19(14-22)17-1-2-17/h7,10,15-20,22-23,35H,1-6,8-9,11-14H2,(H2,29,30,31,32,33). The minimum atomic E-state index is -0.165. The smallest absolute Gasteiger partial charge is 0.229 e. The van der Waals surface area contributed by atoms with E-state index in [-0.39, 0.29) is 6.10 Å². The average Bonchev–Trinajstić information content (AvgIpc) is 3.66. The molecule has 0 radical (unpaired) electrons. The van der Waals surface area contributed by atoms with Crippen molar-refractivity contribution >= 4 is 29.1 Å². The highest BCUT2D eigenvalue weighted by Gasteiger charge is 2.43. The summed E-state index contributed by atoms with van der Waals surface area (Å²) in [5, 5.41) is 17.4. The number of hydrogen-bond donors (Lipinski definition) is 3. The van der Waals surface area contributed by atoms with E-state index < -0.39 is 0 Å². The van der Waals surface area contributed by atoms with E-state index in [0.717, 1.165) is 55.1 Å². The zero-order valence-corrected chi connectivity index (χ0v) is 21.1. The lowest BCUT2D eigenvalue weighted by molar-refractivity contribution is 0.0485. The maximum absolute atomic E-state index is 9.94. The topological polar surface area (TPSA) is 86.2 Å². The van der Waals surface area contributed by atoms with Crippen molar-refractivity contribution in [3.63, 3.8) is 0 Å². The molecular weight excluding hydrogens is 460 g/mol. The minimum Gasteiger partial charge on any atom is -0.393 e. The van der Waals surface area contributed by atoms with Crippen LogP contribution in [0.1, 0.15) is 75.7 Å². The van der Waals surface area contributed by atoms with Gasteiger partial charge < -0.3 is 20.6 Å². The summed E-state index contributed by atoms with van der Waals surface area (Å²) in [5.74, 6) is 4.07. The third-order valence-electron chi connectivity index (χ3n) is 8.76. The van der Waals surface area contributed by atoms with E-state index in [1.54, 1.807) is 12.3 Å². The number of aromatic nitrogens is 3. The molecule has 2 aromatic rings. The molecule has 1 aliphatic heterocycles. The molecule has 1 saturated heterocycles. The van der Waals surface area contributed by atoms with Crippen molar-refractivity contribution in [2.45, 2.75) is 88.3 Å². The summed E-state index contributed by atoms with van der Waals surface area (Å²) < 4.78 is 0. The molecule has 3 saturated carbocycles. The number of nitrogens with zero attached hydrogens (tertiary/aromatic N) is 4. The number of likely N-dealkylation sites (tertiary alicyclic amines) is 1. The van der Waals surface area contributed by atoms with Gasteiger partial charge in [-0.3, -0.25) is 0 Å². The maximum atomic E-state index is 9.94. The van der Waals surface area contributed by atoms with Crippen molar-refractivity contribution in [2.24, 2.45) is 11.8 Å². The summed E-state index contributed by atoms with van der Waals surface area (Å²) in [6, 6.07) is 4.80. The molecule has 0 amide bonds. The van der Waals surface area contributed by atoms with Gasteiger partial charge in [-0.05, 0) is 107 Å². The number of halogens is 1. The highest BCUT2D eigenvalue weighted by molar-refractivity contribution is 6.29. The van der Waals surface area contributed by atoms with E-state index in [1.165, 1.54) is 57.2 Å². The lowest BCUT2D eigenvalue weighted by atomic mass is 9.75. The van der Waals surface area contributed by atoms with Crippen molar-refractivity contribution in [1.82, 2.24) is 19.9 Å². The number of piperidine rings is 1. The second kappa shape index (κ2) is 10.2. The number of aliphatic hydroxyl groups excluding tert-OH is 1. The molecule has 3 aliphatic carbocycles. The van der Waals surface area contributed by atoms with E-state index >= 15 is 0 Å². The third kappa shape index (κ3) is 5.57. The van der Waals surface area contributed by atoms with Crippen LogP contribution in [0.3, 0.4) is 0 Å². The molecule has 8 heteroatoms. The van der Waals surface area contributed by atoms with Gasteiger partial charge in [0.05, 0.1) is 6.10 Å². The van der Waals surface area contributed by atoms with E-state index in [4.69, 9.17) is 16.6 Å². The van der Waals surface area contributed by atoms with Crippen LogP contribution in [0.4, 0.5) is 17.5 Å². The Labute approximate surface area is 213 Å². The normalized spacial score (nSPS) is 30.0.